The number of benzene rings is 7. The summed E-state index contributed by atoms with van der Waals surface area (Å²) in [6.45, 7) is -0.164. The minimum Gasteiger partial charge on any atom is -0.507 e. The summed E-state index contributed by atoms with van der Waals surface area (Å²) >= 11 is 0. The maximum atomic E-state index is 12.5. The van der Waals surface area contributed by atoms with Crippen LogP contribution in [0.4, 0.5) is 0 Å². The molecule has 0 aliphatic carbocycles. The van der Waals surface area contributed by atoms with E-state index in [-0.39, 0.29) is 43.4 Å². The van der Waals surface area contributed by atoms with Gasteiger partial charge in [-0.05, 0) is 97.9 Å². The number of phenolic OH excluding ortho intramolecular Hbond substituents is 1. The molecule has 334 valence electrons. The zero-order chi connectivity index (χ0) is 55.8. The molecule has 5 heteroatoms. The first-order valence-electron chi connectivity index (χ1n) is 27.7. The Balaban J connectivity index is 0.00000803. The molecular weight excluding hydrogens is 986 g/mol. The Bertz CT molecular complexity index is 3630. The fourth-order valence-corrected chi connectivity index (χ4v) is 8.43. The summed E-state index contributed by atoms with van der Waals surface area (Å²) in [7, 11) is 0. The number of hydrogen-bond donors (Lipinski definition) is 1. The summed E-state index contributed by atoms with van der Waals surface area (Å²) in [5, 5.41) is 12.5. The first-order valence-corrected chi connectivity index (χ1v) is 21.7. The van der Waals surface area contributed by atoms with Gasteiger partial charge in [-0.25, -0.2) is 4.98 Å². The van der Waals surface area contributed by atoms with Gasteiger partial charge in [0.2, 0.25) is 0 Å². The average Bonchev–Trinajstić information content (AvgIpc) is 3.77. The molecule has 9 rings (SSSR count). The largest absolute Gasteiger partial charge is 0.507 e. The molecule has 9 aromatic rings. The van der Waals surface area contributed by atoms with Crippen LogP contribution >= 0.6 is 0 Å². The van der Waals surface area contributed by atoms with Gasteiger partial charge >= 0.3 is 0 Å². The second-order valence-electron chi connectivity index (χ2n) is 18.8. The van der Waals surface area contributed by atoms with Crippen LogP contribution in [0.3, 0.4) is 0 Å². The van der Waals surface area contributed by atoms with Crippen LogP contribution in [0.2, 0.25) is 0 Å². The topological polar surface area (TPSA) is 50.9 Å². The fourth-order valence-electron chi connectivity index (χ4n) is 8.43. The monoisotopic (exact) mass is 1060 g/mol. The number of pyridine rings is 1. The van der Waals surface area contributed by atoms with Crippen LogP contribution in [-0.4, -0.2) is 19.6 Å². The quantitative estimate of drug-likeness (QED) is 0.162. The van der Waals surface area contributed by atoms with Gasteiger partial charge in [0.1, 0.15) is 11.6 Å². The van der Waals surface area contributed by atoms with E-state index in [4.69, 9.17) is 26.4 Å². The third kappa shape index (κ3) is 9.22. The number of nitrogens with zero attached hydrogens (tertiary/aromatic N) is 3. The van der Waals surface area contributed by atoms with E-state index in [1.165, 1.54) is 24.3 Å². The Hall–Kier alpha value is -6.35. The third-order valence-electron chi connectivity index (χ3n) is 11.9. The number of hydrogen-bond acceptors (Lipinski definition) is 3. The molecule has 66 heavy (non-hydrogen) atoms. The summed E-state index contributed by atoms with van der Waals surface area (Å²) in [6, 6.07) is 51.4. The van der Waals surface area contributed by atoms with Gasteiger partial charge in [0.15, 0.2) is 0 Å². The summed E-state index contributed by atoms with van der Waals surface area (Å²) in [5.41, 5.74) is 6.63. The molecule has 0 unspecified atom stereocenters. The summed E-state index contributed by atoms with van der Waals surface area (Å²) in [5.74, 6) is 0.461. The van der Waals surface area contributed by atoms with Crippen LogP contribution in [0.25, 0.3) is 83.9 Å². The van der Waals surface area contributed by atoms with Crippen LogP contribution in [0.15, 0.2) is 164 Å². The van der Waals surface area contributed by atoms with Crippen LogP contribution in [0.5, 0.6) is 5.75 Å². The van der Waals surface area contributed by atoms with Crippen molar-refractivity contribution in [3.63, 3.8) is 0 Å². The van der Waals surface area contributed by atoms with Gasteiger partial charge in [0, 0.05) is 60.7 Å². The van der Waals surface area contributed by atoms with Crippen molar-refractivity contribution in [1.29, 1.82) is 0 Å². The van der Waals surface area contributed by atoms with Gasteiger partial charge in [-0.3, -0.25) is 9.55 Å². The molecule has 2 aromatic heterocycles. The molecule has 7 aromatic carbocycles. The van der Waals surface area contributed by atoms with Crippen LogP contribution in [-0.2, 0) is 37.3 Å². The first kappa shape index (κ1) is 33.2. The van der Waals surface area contributed by atoms with Crippen molar-refractivity contribution >= 4 is 11.0 Å². The van der Waals surface area contributed by atoms with Gasteiger partial charge in [-0.15, -0.1) is 23.8 Å². The molecule has 0 spiro atoms. The van der Waals surface area contributed by atoms with E-state index < -0.39 is 38.2 Å². The fraction of sp³-hybridized carbons (Fsp3) is 0.213. The van der Waals surface area contributed by atoms with Crippen molar-refractivity contribution in [2.45, 2.75) is 85.2 Å². The molecular formula is C61H58N3OPt-. The zero-order valence-corrected chi connectivity index (χ0v) is 40.0. The van der Waals surface area contributed by atoms with Gasteiger partial charge in [0.05, 0.1) is 16.6 Å². The minimum atomic E-state index is -3.40. The SMILES string of the molecule is [2H]C([2H])([2H])c1cc(-c2ccccc2)cc(-n2c(-c3cc(C(C)(C)C)cc(C(C)(C)C)c3O)nc3c(-c4[c-]c(-c5cc(-c6ccc(C(C([2H])([2H])[2H])(C([2H])([2H])[2H])C([2H])([2H])[2H])cc6)ccn5)cc(-c5ccccc5)c4)cccc32)c1.[Pt]. The molecule has 0 aliphatic rings. The second kappa shape index (κ2) is 17.8. The van der Waals surface area contributed by atoms with Crippen molar-refractivity contribution in [2.24, 2.45) is 0 Å². The summed E-state index contributed by atoms with van der Waals surface area (Å²) in [4.78, 5) is 10.3. The second-order valence-corrected chi connectivity index (χ2v) is 18.8. The number of aromatic hydroxyl groups is 1. The number of rotatable bonds is 7. The smallest absolute Gasteiger partial charge is 0.148 e. The van der Waals surface area contributed by atoms with E-state index >= 15 is 0 Å². The number of phenols is 1. The number of imidazole rings is 1. The van der Waals surface area contributed by atoms with Crippen molar-refractivity contribution in [2.75, 3.05) is 0 Å². The molecule has 1 N–H and O–H groups in total. The van der Waals surface area contributed by atoms with Gasteiger partial charge in [-0.2, -0.15) is 0 Å². The first-order chi connectivity index (χ1) is 35.9. The number of aryl methyl sites for hydroxylation is 1. The molecule has 0 aliphatic heterocycles. The van der Waals surface area contributed by atoms with Gasteiger partial charge in [-0.1, -0.05) is 194 Å². The molecule has 0 bridgehead atoms. The maximum absolute atomic E-state index is 12.5. The average molecular weight is 1060 g/mol. The number of fused-ring (bicyclic) bond motifs is 1. The molecule has 0 amide bonds. The normalized spacial score (nSPS) is 15.5. The standard InChI is InChI=1S/C61H58N3O.Pt/c1-39-30-44(40-18-13-11-14-19-40)35-50(31-39)64-55-23-17-22-51(56(55)63-58(64)52-37-49(60(5,6)7)38-53(57(52)65)61(8,9)10)46-32-45(41-20-15-12-16-21-41)33-47(34-46)54-36-43(28-29-62-54)42-24-26-48(27-25-42)59(2,3)4;/h11-33,35-38,65H,1-10H3;/q-1;/i1D3,2D3,3D3,4D3;. The Kier molecular flexibility index (Phi) is 8.94. The van der Waals surface area contributed by atoms with Gasteiger partial charge < -0.3 is 5.11 Å². The van der Waals surface area contributed by atoms with Crippen molar-refractivity contribution in [3.05, 3.63) is 192 Å². The minimum absolute atomic E-state index is 0. The van der Waals surface area contributed by atoms with E-state index in [1.54, 1.807) is 24.4 Å². The summed E-state index contributed by atoms with van der Waals surface area (Å²) < 4.78 is 102. The van der Waals surface area contributed by atoms with Crippen LogP contribution in [0.1, 0.15) is 101 Å². The van der Waals surface area contributed by atoms with Crippen LogP contribution in [0, 0.1) is 12.9 Å². The Morgan fingerprint density at radius 3 is 1.83 bits per heavy atom. The Morgan fingerprint density at radius 1 is 0.545 bits per heavy atom. The summed E-state index contributed by atoms with van der Waals surface area (Å²) in [6.07, 6.45) is 1.62. The maximum Gasteiger partial charge on any atom is 0.148 e. The Labute approximate surface area is 422 Å². The predicted molar refractivity (Wildman–Crippen MR) is 273 cm³/mol. The zero-order valence-electron chi connectivity index (χ0n) is 49.7. The number of aromatic nitrogens is 3. The van der Waals surface area contributed by atoms with Crippen molar-refractivity contribution < 1.29 is 42.6 Å². The van der Waals surface area contributed by atoms with Crippen molar-refractivity contribution in [3.8, 4) is 78.6 Å². The van der Waals surface area contributed by atoms with E-state index in [9.17, 15) is 5.11 Å². The number of para-hydroxylation sites is 1. The molecule has 0 saturated heterocycles. The molecule has 0 saturated carbocycles. The Morgan fingerprint density at radius 2 is 1.20 bits per heavy atom. The van der Waals surface area contributed by atoms with Crippen molar-refractivity contribution in [1.82, 2.24) is 14.5 Å². The molecule has 0 radical (unpaired) electrons. The molecule has 0 atom stereocenters. The molecule has 2 heterocycles. The van der Waals surface area contributed by atoms with E-state index in [0.717, 1.165) is 27.8 Å². The van der Waals surface area contributed by atoms with Gasteiger partial charge in [0.25, 0.3) is 0 Å². The molecule has 0 fully saturated rings. The van der Waals surface area contributed by atoms with E-state index in [1.807, 2.05) is 114 Å². The van der Waals surface area contributed by atoms with E-state index in [2.05, 4.69) is 53.7 Å². The predicted octanol–water partition coefficient (Wildman–Crippen LogP) is 16.1. The van der Waals surface area contributed by atoms with Crippen LogP contribution < -0.4 is 0 Å². The third-order valence-corrected chi connectivity index (χ3v) is 11.9. The van der Waals surface area contributed by atoms with E-state index in [0.29, 0.717) is 67.2 Å². The molecule has 4 nitrogen and oxygen atoms in total.